The van der Waals surface area contributed by atoms with Gasteiger partial charge in [0.25, 0.3) is 5.91 Å². The molecule has 1 amide bonds. The minimum atomic E-state index is -0.365. The van der Waals surface area contributed by atoms with E-state index in [4.69, 9.17) is 5.73 Å². The normalized spacial score (nSPS) is 10.3. The van der Waals surface area contributed by atoms with E-state index in [1.165, 1.54) is 12.4 Å². The fourth-order valence-corrected chi connectivity index (χ4v) is 2.29. The number of amides is 1. The number of benzene rings is 1. The van der Waals surface area contributed by atoms with E-state index in [9.17, 15) is 4.79 Å². The van der Waals surface area contributed by atoms with Crippen molar-refractivity contribution in [1.82, 2.24) is 20.3 Å². The van der Waals surface area contributed by atoms with Crippen molar-refractivity contribution in [3.8, 4) is 0 Å². The molecule has 0 aliphatic rings. The summed E-state index contributed by atoms with van der Waals surface area (Å²) in [6.45, 7) is 0.331. The van der Waals surface area contributed by atoms with Gasteiger partial charge in [0.05, 0.1) is 0 Å². The number of pyridine rings is 1. The Morgan fingerprint density at radius 3 is 2.52 bits per heavy atom. The zero-order valence-electron chi connectivity index (χ0n) is 13.8. The first-order valence-corrected chi connectivity index (χ1v) is 7.73. The van der Waals surface area contributed by atoms with Gasteiger partial charge in [0.2, 0.25) is 0 Å². The summed E-state index contributed by atoms with van der Waals surface area (Å²) in [6, 6.07) is 13.8. The van der Waals surface area contributed by atoms with E-state index in [-0.39, 0.29) is 17.4 Å². The van der Waals surface area contributed by atoms with Gasteiger partial charge in [-0.25, -0.2) is 15.0 Å². The smallest absolute Gasteiger partial charge is 0.273 e. The third-order valence-electron chi connectivity index (χ3n) is 3.69. The lowest BCUT2D eigenvalue weighted by Crippen LogP contribution is -2.25. The first kappa shape index (κ1) is 16.4. The predicted octanol–water partition coefficient (Wildman–Crippen LogP) is 2.15. The zero-order valence-corrected chi connectivity index (χ0v) is 13.8. The van der Waals surface area contributed by atoms with Crippen LogP contribution in [-0.4, -0.2) is 27.9 Å². The monoisotopic (exact) mass is 334 g/mol. The standard InChI is InChI=1S/C18H18N6O/c1-24(14-5-3-2-4-6-14)15-8-7-13(11-22-15)12-23-18(25)16-17(19)21-10-9-20-16/h2-11H,12H2,1H3,(H2,19,21)(H,23,25). The topological polar surface area (TPSA) is 97.0 Å². The summed E-state index contributed by atoms with van der Waals surface area (Å²) in [5, 5.41) is 2.76. The first-order valence-electron chi connectivity index (χ1n) is 7.73. The van der Waals surface area contributed by atoms with Crippen molar-refractivity contribution in [2.24, 2.45) is 0 Å². The summed E-state index contributed by atoms with van der Waals surface area (Å²) in [7, 11) is 1.95. The average Bonchev–Trinajstić information content (AvgIpc) is 2.67. The van der Waals surface area contributed by atoms with Crippen molar-refractivity contribution in [1.29, 1.82) is 0 Å². The largest absolute Gasteiger partial charge is 0.382 e. The summed E-state index contributed by atoms with van der Waals surface area (Å²) >= 11 is 0. The highest BCUT2D eigenvalue weighted by Crippen LogP contribution is 2.20. The lowest BCUT2D eigenvalue weighted by Gasteiger charge is -2.18. The van der Waals surface area contributed by atoms with Crippen LogP contribution >= 0.6 is 0 Å². The van der Waals surface area contributed by atoms with Crippen LogP contribution in [0, 0.1) is 0 Å². The van der Waals surface area contributed by atoms with E-state index >= 15 is 0 Å². The molecule has 2 aromatic heterocycles. The van der Waals surface area contributed by atoms with E-state index in [1.54, 1.807) is 6.20 Å². The minimum Gasteiger partial charge on any atom is -0.382 e. The molecular formula is C18H18N6O. The van der Waals surface area contributed by atoms with Crippen molar-refractivity contribution in [2.75, 3.05) is 17.7 Å². The van der Waals surface area contributed by atoms with E-state index in [0.29, 0.717) is 6.54 Å². The maximum Gasteiger partial charge on any atom is 0.273 e. The van der Waals surface area contributed by atoms with Gasteiger partial charge in [-0.1, -0.05) is 24.3 Å². The number of hydrogen-bond donors (Lipinski definition) is 2. The van der Waals surface area contributed by atoms with Crippen LogP contribution in [0.1, 0.15) is 16.1 Å². The van der Waals surface area contributed by atoms with Crippen molar-refractivity contribution < 1.29 is 4.79 Å². The SMILES string of the molecule is CN(c1ccccc1)c1ccc(CNC(=O)c2nccnc2N)cn1. The van der Waals surface area contributed by atoms with Crippen LogP contribution in [0.2, 0.25) is 0 Å². The highest BCUT2D eigenvalue weighted by Gasteiger charge is 2.11. The number of aromatic nitrogens is 3. The average molecular weight is 334 g/mol. The van der Waals surface area contributed by atoms with Crippen molar-refractivity contribution in [3.05, 3.63) is 72.3 Å². The Hall–Kier alpha value is -3.48. The van der Waals surface area contributed by atoms with Gasteiger partial charge < -0.3 is 16.0 Å². The Balaban J connectivity index is 1.63. The molecule has 1 aromatic carbocycles. The molecule has 0 bridgehead atoms. The molecule has 2 heterocycles. The van der Waals surface area contributed by atoms with E-state index in [2.05, 4.69) is 20.3 Å². The minimum absolute atomic E-state index is 0.109. The van der Waals surface area contributed by atoms with Crippen LogP contribution in [-0.2, 0) is 6.54 Å². The summed E-state index contributed by atoms with van der Waals surface area (Å²) in [6.07, 6.45) is 4.61. The Kier molecular flexibility index (Phi) is 4.84. The molecule has 0 fully saturated rings. The quantitative estimate of drug-likeness (QED) is 0.742. The molecule has 0 saturated heterocycles. The number of rotatable bonds is 5. The van der Waals surface area contributed by atoms with Crippen LogP contribution in [0.5, 0.6) is 0 Å². The highest BCUT2D eigenvalue weighted by molar-refractivity contribution is 5.96. The lowest BCUT2D eigenvalue weighted by atomic mass is 10.2. The van der Waals surface area contributed by atoms with Gasteiger partial charge in [-0.3, -0.25) is 4.79 Å². The number of nitrogen functional groups attached to an aromatic ring is 1. The van der Waals surface area contributed by atoms with Gasteiger partial charge in [0, 0.05) is 37.9 Å². The molecule has 0 radical (unpaired) electrons. The number of nitrogens with one attached hydrogen (secondary N) is 1. The van der Waals surface area contributed by atoms with Gasteiger partial charge in [0.15, 0.2) is 11.5 Å². The van der Waals surface area contributed by atoms with Gasteiger partial charge in [-0.2, -0.15) is 0 Å². The molecule has 0 aliphatic heterocycles. The Bertz CT molecular complexity index is 851. The molecule has 7 nitrogen and oxygen atoms in total. The van der Waals surface area contributed by atoms with Gasteiger partial charge in [-0.05, 0) is 23.8 Å². The number of nitrogens with two attached hydrogens (primary N) is 1. The Morgan fingerprint density at radius 1 is 1.08 bits per heavy atom. The maximum absolute atomic E-state index is 12.1. The van der Waals surface area contributed by atoms with Crippen LogP contribution in [0.25, 0.3) is 0 Å². The molecule has 7 heteroatoms. The molecule has 3 rings (SSSR count). The molecule has 0 atom stereocenters. The summed E-state index contributed by atoms with van der Waals surface area (Å²) < 4.78 is 0. The molecule has 126 valence electrons. The molecule has 0 unspecified atom stereocenters. The van der Waals surface area contributed by atoms with Gasteiger partial charge >= 0.3 is 0 Å². The number of hydrogen-bond acceptors (Lipinski definition) is 6. The maximum atomic E-state index is 12.1. The van der Waals surface area contributed by atoms with Crippen molar-refractivity contribution >= 4 is 23.2 Å². The zero-order chi connectivity index (χ0) is 17.6. The summed E-state index contributed by atoms with van der Waals surface area (Å²) in [5.74, 6) is 0.563. The molecule has 3 N–H and O–H groups in total. The second-order valence-corrected chi connectivity index (χ2v) is 5.39. The first-order chi connectivity index (χ1) is 12.1. The van der Waals surface area contributed by atoms with E-state index in [0.717, 1.165) is 17.1 Å². The number of anilines is 3. The second-order valence-electron chi connectivity index (χ2n) is 5.39. The molecular weight excluding hydrogens is 316 g/mol. The van der Waals surface area contributed by atoms with Gasteiger partial charge in [-0.15, -0.1) is 0 Å². The summed E-state index contributed by atoms with van der Waals surface area (Å²) in [5.41, 5.74) is 7.69. The fraction of sp³-hybridized carbons (Fsp3) is 0.111. The third kappa shape index (κ3) is 3.89. The number of carbonyl (C=O) groups excluding carboxylic acids is 1. The summed E-state index contributed by atoms with van der Waals surface area (Å²) in [4.78, 5) is 26.3. The van der Waals surface area contributed by atoms with E-state index in [1.807, 2.05) is 54.4 Å². The molecule has 3 aromatic rings. The number of carbonyl (C=O) groups is 1. The molecule has 25 heavy (non-hydrogen) atoms. The number of nitrogens with zero attached hydrogens (tertiary/aromatic N) is 4. The van der Waals surface area contributed by atoms with Crippen LogP contribution in [0.15, 0.2) is 61.1 Å². The Labute approximate surface area is 145 Å². The van der Waals surface area contributed by atoms with Crippen LogP contribution in [0.3, 0.4) is 0 Å². The lowest BCUT2D eigenvalue weighted by molar-refractivity contribution is 0.0946. The van der Waals surface area contributed by atoms with Gasteiger partial charge in [0.1, 0.15) is 5.82 Å². The molecule has 0 spiro atoms. The second kappa shape index (κ2) is 7.39. The van der Waals surface area contributed by atoms with E-state index < -0.39 is 0 Å². The Morgan fingerprint density at radius 2 is 1.84 bits per heavy atom. The fourth-order valence-electron chi connectivity index (χ4n) is 2.29. The third-order valence-corrected chi connectivity index (χ3v) is 3.69. The molecule has 0 saturated carbocycles. The molecule has 0 aliphatic carbocycles. The van der Waals surface area contributed by atoms with Crippen LogP contribution < -0.4 is 16.0 Å². The number of para-hydroxylation sites is 1. The highest BCUT2D eigenvalue weighted by atomic mass is 16.1. The van der Waals surface area contributed by atoms with Crippen molar-refractivity contribution in [3.63, 3.8) is 0 Å². The van der Waals surface area contributed by atoms with Crippen molar-refractivity contribution in [2.45, 2.75) is 6.54 Å². The van der Waals surface area contributed by atoms with Crippen LogP contribution in [0.4, 0.5) is 17.3 Å². The predicted molar refractivity (Wildman–Crippen MR) is 96.4 cm³/mol.